The molecule has 0 saturated heterocycles. The van der Waals surface area contributed by atoms with Crippen molar-refractivity contribution in [2.45, 2.75) is 6.92 Å². The van der Waals surface area contributed by atoms with Crippen molar-refractivity contribution < 1.29 is 0 Å². The van der Waals surface area contributed by atoms with Gasteiger partial charge in [-0.05, 0) is 36.8 Å². The van der Waals surface area contributed by atoms with Crippen LogP contribution in [0, 0.1) is 6.92 Å². The second-order valence-electron chi connectivity index (χ2n) is 4.49. The molecule has 0 atom stereocenters. The fourth-order valence-corrected chi connectivity index (χ4v) is 2.77. The lowest BCUT2D eigenvalue weighted by Crippen LogP contribution is -1.88. The molecule has 4 heteroatoms. The predicted octanol–water partition coefficient (Wildman–Crippen LogP) is 5.52. The molecular formula is C16H13ClN2S. The number of aromatic nitrogens is 1. The topological polar surface area (TPSA) is 24.9 Å². The van der Waals surface area contributed by atoms with Crippen LogP contribution in [-0.4, -0.2) is 4.98 Å². The van der Waals surface area contributed by atoms with Gasteiger partial charge in [-0.25, -0.2) is 4.98 Å². The van der Waals surface area contributed by atoms with Gasteiger partial charge in [0.25, 0.3) is 0 Å². The van der Waals surface area contributed by atoms with Crippen molar-refractivity contribution in [2.75, 3.05) is 5.32 Å². The van der Waals surface area contributed by atoms with Crippen LogP contribution in [0.15, 0.2) is 53.9 Å². The van der Waals surface area contributed by atoms with E-state index < -0.39 is 0 Å². The van der Waals surface area contributed by atoms with Gasteiger partial charge in [-0.1, -0.05) is 35.9 Å². The Kier molecular flexibility index (Phi) is 3.72. The molecule has 0 amide bonds. The summed E-state index contributed by atoms with van der Waals surface area (Å²) in [4.78, 5) is 4.61. The van der Waals surface area contributed by atoms with Crippen LogP contribution < -0.4 is 5.32 Å². The number of aryl methyl sites for hydroxylation is 1. The van der Waals surface area contributed by atoms with E-state index in [-0.39, 0.29) is 0 Å². The van der Waals surface area contributed by atoms with Gasteiger partial charge in [0.15, 0.2) is 5.13 Å². The average molecular weight is 301 g/mol. The van der Waals surface area contributed by atoms with Crippen LogP contribution in [0.1, 0.15) is 5.56 Å². The summed E-state index contributed by atoms with van der Waals surface area (Å²) in [5.41, 5.74) is 4.16. The molecule has 1 aromatic heterocycles. The molecule has 0 radical (unpaired) electrons. The molecule has 0 aliphatic heterocycles. The Morgan fingerprint density at radius 1 is 1.10 bits per heavy atom. The van der Waals surface area contributed by atoms with E-state index in [1.807, 2.05) is 54.8 Å². The van der Waals surface area contributed by atoms with Crippen molar-refractivity contribution in [3.8, 4) is 11.3 Å². The molecule has 1 heterocycles. The van der Waals surface area contributed by atoms with Crippen LogP contribution in [0.5, 0.6) is 0 Å². The highest BCUT2D eigenvalue weighted by Crippen LogP contribution is 2.29. The Hall–Kier alpha value is -1.84. The molecular weight excluding hydrogens is 288 g/mol. The second kappa shape index (κ2) is 5.65. The van der Waals surface area contributed by atoms with E-state index in [9.17, 15) is 0 Å². The van der Waals surface area contributed by atoms with Gasteiger partial charge in [0, 0.05) is 21.7 Å². The molecule has 0 fully saturated rings. The van der Waals surface area contributed by atoms with Gasteiger partial charge in [-0.2, -0.15) is 0 Å². The molecule has 1 N–H and O–H groups in total. The van der Waals surface area contributed by atoms with E-state index in [0.717, 1.165) is 32.7 Å². The number of halogens is 1. The van der Waals surface area contributed by atoms with E-state index >= 15 is 0 Å². The van der Waals surface area contributed by atoms with Crippen LogP contribution in [0.4, 0.5) is 10.8 Å². The van der Waals surface area contributed by atoms with Gasteiger partial charge in [0.05, 0.1) is 5.69 Å². The number of thiazole rings is 1. The van der Waals surface area contributed by atoms with Gasteiger partial charge < -0.3 is 5.32 Å². The number of benzene rings is 2. The number of anilines is 2. The first kappa shape index (κ1) is 13.2. The third kappa shape index (κ3) is 2.84. The average Bonchev–Trinajstić information content (AvgIpc) is 2.91. The maximum atomic E-state index is 6.05. The molecule has 2 aromatic carbocycles. The quantitative estimate of drug-likeness (QED) is 0.689. The number of rotatable bonds is 3. The van der Waals surface area contributed by atoms with Crippen LogP contribution >= 0.6 is 22.9 Å². The lowest BCUT2D eigenvalue weighted by molar-refractivity contribution is 1.37. The standard InChI is InChI=1S/C16H13ClN2S/c1-11-9-12(7-8-14(11)17)15-10-20-16(19-15)18-13-5-3-2-4-6-13/h2-10H,1H3,(H,18,19). The molecule has 3 aromatic rings. The van der Waals surface area contributed by atoms with Crippen molar-refractivity contribution in [3.05, 3.63) is 64.5 Å². The van der Waals surface area contributed by atoms with E-state index in [1.54, 1.807) is 11.3 Å². The monoisotopic (exact) mass is 300 g/mol. The van der Waals surface area contributed by atoms with Crippen LogP contribution in [-0.2, 0) is 0 Å². The number of hydrogen-bond acceptors (Lipinski definition) is 3. The lowest BCUT2D eigenvalue weighted by atomic mass is 10.1. The molecule has 2 nitrogen and oxygen atoms in total. The number of nitrogens with zero attached hydrogens (tertiary/aromatic N) is 1. The zero-order chi connectivity index (χ0) is 13.9. The highest BCUT2D eigenvalue weighted by Gasteiger charge is 2.06. The van der Waals surface area contributed by atoms with Crippen LogP contribution in [0.3, 0.4) is 0 Å². The molecule has 20 heavy (non-hydrogen) atoms. The summed E-state index contributed by atoms with van der Waals surface area (Å²) < 4.78 is 0. The summed E-state index contributed by atoms with van der Waals surface area (Å²) in [6.45, 7) is 2.00. The van der Waals surface area contributed by atoms with E-state index in [4.69, 9.17) is 11.6 Å². The molecule has 0 spiro atoms. The first-order valence-electron chi connectivity index (χ1n) is 6.26. The highest BCUT2D eigenvalue weighted by molar-refractivity contribution is 7.14. The van der Waals surface area contributed by atoms with E-state index in [0.29, 0.717) is 0 Å². The molecule has 3 rings (SSSR count). The van der Waals surface area contributed by atoms with Gasteiger partial charge in [0.1, 0.15) is 0 Å². The fourth-order valence-electron chi connectivity index (χ4n) is 1.91. The Labute approximate surface area is 127 Å². The summed E-state index contributed by atoms with van der Waals surface area (Å²) in [6.07, 6.45) is 0. The van der Waals surface area contributed by atoms with Crippen molar-refractivity contribution in [2.24, 2.45) is 0 Å². The van der Waals surface area contributed by atoms with Crippen molar-refractivity contribution in [1.29, 1.82) is 0 Å². The maximum absolute atomic E-state index is 6.05. The first-order valence-corrected chi connectivity index (χ1v) is 7.52. The SMILES string of the molecule is Cc1cc(-c2csc(Nc3ccccc3)n2)ccc1Cl. The van der Waals surface area contributed by atoms with Gasteiger partial charge >= 0.3 is 0 Å². The van der Waals surface area contributed by atoms with Gasteiger partial charge in [0.2, 0.25) is 0 Å². The minimum atomic E-state index is 0.784. The fraction of sp³-hybridized carbons (Fsp3) is 0.0625. The molecule has 0 aliphatic rings. The molecule has 0 saturated carbocycles. The summed E-state index contributed by atoms with van der Waals surface area (Å²) in [5.74, 6) is 0. The summed E-state index contributed by atoms with van der Waals surface area (Å²) in [6, 6.07) is 16.0. The zero-order valence-corrected chi connectivity index (χ0v) is 12.5. The molecule has 0 aliphatic carbocycles. The van der Waals surface area contributed by atoms with Crippen molar-refractivity contribution in [1.82, 2.24) is 4.98 Å². The molecule has 100 valence electrons. The number of nitrogens with one attached hydrogen (secondary N) is 1. The van der Waals surface area contributed by atoms with Crippen LogP contribution in [0.25, 0.3) is 11.3 Å². The Bertz CT molecular complexity index is 722. The number of para-hydroxylation sites is 1. The summed E-state index contributed by atoms with van der Waals surface area (Å²) in [7, 11) is 0. The maximum Gasteiger partial charge on any atom is 0.187 e. The predicted molar refractivity (Wildman–Crippen MR) is 87.0 cm³/mol. The Morgan fingerprint density at radius 3 is 2.65 bits per heavy atom. The molecule has 0 bridgehead atoms. The van der Waals surface area contributed by atoms with Crippen molar-refractivity contribution in [3.63, 3.8) is 0 Å². The lowest BCUT2D eigenvalue weighted by Gasteiger charge is -2.02. The third-order valence-corrected chi connectivity index (χ3v) is 4.16. The summed E-state index contributed by atoms with van der Waals surface area (Å²) >= 11 is 7.64. The minimum absolute atomic E-state index is 0.784. The smallest absolute Gasteiger partial charge is 0.187 e. The third-order valence-electron chi connectivity index (χ3n) is 2.98. The first-order chi connectivity index (χ1) is 9.72. The minimum Gasteiger partial charge on any atom is -0.332 e. The van der Waals surface area contributed by atoms with Crippen molar-refractivity contribution >= 4 is 33.8 Å². The Balaban J connectivity index is 1.84. The molecule has 0 unspecified atom stereocenters. The normalized spacial score (nSPS) is 10.5. The zero-order valence-electron chi connectivity index (χ0n) is 10.9. The number of hydrogen-bond donors (Lipinski definition) is 1. The van der Waals surface area contributed by atoms with E-state index in [1.165, 1.54) is 0 Å². The van der Waals surface area contributed by atoms with Crippen LogP contribution in [0.2, 0.25) is 5.02 Å². The Morgan fingerprint density at radius 2 is 1.90 bits per heavy atom. The van der Waals surface area contributed by atoms with E-state index in [2.05, 4.69) is 16.4 Å². The highest BCUT2D eigenvalue weighted by atomic mass is 35.5. The largest absolute Gasteiger partial charge is 0.332 e. The van der Waals surface area contributed by atoms with Gasteiger partial charge in [-0.3, -0.25) is 0 Å². The van der Waals surface area contributed by atoms with Gasteiger partial charge in [-0.15, -0.1) is 11.3 Å². The second-order valence-corrected chi connectivity index (χ2v) is 5.76. The summed E-state index contributed by atoms with van der Waals surface area (Å²) in [5, 5.41) is 7.02.